The average molecular weight is 329 g/mol. The summed E-state index contributed by atoms with van der Waals surface area (Å²) in [7, 11) is 1.66. The minimum atomic E-state index is -0.301. The Morgan fingerprint density at radius 2 is 1.91 bits per heavy atom. The molecule has 2 rings (SSSR count). The van der Waals surface area contributed by atoms with Gasteiger partial charge in [0.15, 0.2) is 0 Å². The highest BCUT2D eigenvalue weighted by atomic mass is 35.5. The van der Waals surface area contributed by atoms with Gasteiger partial charge in [-0.15, -0.1) is 12.4 Å². The van der Waals surface area contributed by atoms with Crippen LogP contribution in [0.25, 0.3) is 0 Å². The van der Waals surface area contributed by atoms with Crippen LogP contribution in [0.2, 0.25) is 0 Å². The van der Waals surface area contributed by atoms with Gasteiger partial charge in [-0.3, -0.25) is 0 Å². The monoisotopic (exact) mass is 328 g/mol. The molecule has 0 saturated carbocycles. The van der Waals surface area contributed by atoms with E-state index < -0.39 is 0 Å². The van der Waals surface area contributed by atoms with Crippen LogP contribution in [0, 0.1) is 5.92 Å². The summed E-state index contributed by atoms with van der Waals surface area (Å²) in [4.78, 5) is 2.38. The summed E-state index contributed by atoms with van der Waals surface area (Å²) in [6, 6.07) is 7.94. The Bertz CT molecular complexity index is 406. The second-order valence-corrected chi connectivity index (χ2v) is 6.03. The minimum Gasteiger partial charge on any atom is -0.497 e. The first-order chi connectivity index (χ1) is 10.2. The van der Waals surface area contributed by atoms with Crippen LogP contribution < -0.4 is 10.5 Å². The summed E-state index contributed by atoms with van der Waals surface area (Å²) in [5.41, 5.74) is 6.77. The summed E-state index contributed by atoms with van der Waals surface area (Å²) in [5, 5.41) is 10.3. The van der Waals surface area contributed by atoms with Crippen LogP contribution in [0.5, 0.6) is 5.75 Å². The molecule has 3 N–H and O–H groups in total. The third-order valence-electron chi connectivity index (χ3n) is 4.38. The fourth-order valence-electron chi connectivity index (χ4n) is 3.09. The molecule has 1 aliphatic heterocycles. The number of ether oxygens (including phenoxy) is 1. The topological polar surface area (TPSA) is 58.7 Å². The maximum atomic E-state index is 10.3. The van der Waals surface area contributed by atoms with E-state index in [2.05, 4.69) is 4.90 Å². The molecule has 1 unspecified atom stereocenters. The van der Waals surface area contributed by atoms with E-state index in [0.717, 1.165) is 49.8 Å². The van der Waals surface area contributed by atoms with E-state index in [1.54, 1.807) is 7.11 Å². The van der Waals surface area contributed by atoms with Gasteiger partial charge in [0.25, 0.3) is 0 Å². The number of piperidine rings is 1. The van der Waals surface area contributed by atoms with Gasteiger partial charge in [-0.25, -0.2) is 0 Å². The van der Waals surface area contributed by atoms with Crippen LogP contribution in [-0.4, -0.2) is 49.4 Å². The Kier molecular flexibility index (Phi) is 8.79. The molecule has 126 valence electrons. The summed E-state index contributed by atoms with van der Waals surface area (Å²) < 4.78 is 5.15. The van der Waals surface area contributed by atoms with Crippen LogP contribution >= 0.6 is 12.4 Å². The van der Waals surface area contributed by atoms with Crippen molar-refractivity contribution in [1.29, 1.82) is 0 Å². The van der Waals surface area contributed by atoms with Crippen LogP contribution in [0.15, 0.2) is 24.3 Å². The fourth-order valence-corrected chi connectivity index (χ4v) is 3.09. The standard InChI is InChI=1S/C17H28N2O2.ClH/c1-21-17-4-2-15(3-5-17)12-16(20)13-19-10-7-14(6-9-18)8-11-19;/h2-5,14,16,20H,6-13,18H2,1H3;1H. The lowest BCUT2D eigenvalue weighted by Crippen LogP contribution is -2.39. The van der Waals surface area contributed by atoms with Crippen molar-refractivity contribution in [2.75, 3.05) is 33.3 Å². The van der Waals surface area contributed by atoms with E-state index in [1.165, 1.54) is 12.8 Å². The van der Waals surface area contributed by atoms with E-state index in [9.17, 15) is 5.11 Å². The maximum absolute atomic E-state index is 10.3. The van der Waals surface area contributed by atoms with Crippen LogP contribution in [0.4, 0.5) is 0 Å². The first-order valence-electron chi connectivity index (χ1n) is 7.94. The largest absolute Gasteiger partial charge is 0.497 e. The predicted molar refractivity (Wildman–Crippen MR) is 92.8 cm³/mol. The molecule has 1 atom stereocenters. The van der Waals surface area contributed by atoms with Gasteiger partial charge in [-0.2, -0.15) is 0 Å². The molecule has 0 aliphatic carbocycles. The van der Waals surface area contributed by atoms with Gasteiger partial charge < -0.3 is 20.5 Å². The Hall–Kier alpha value is -0.810. The number of hydrogen-bond donors (Lipinski definition) is 2. The zero-order valence-corrected chi connectivity index (χ0v) is 14.2. The molecule has 1 fully saturated rings. The average Bonchev–Trinajstić information content (AvgIpc) is 2.50. The van der Waals surface area contributed by atoms with Crippen molar-refractivity contribution in [2.45, 2.75) is 31.8 Å². The second-order valence-electron chi connectivity index (χ2n) is 6.03. The minimum absolute atomic E-state index is 0. The molecule has 5 heteroatoms. The number of aliphatic hydroxyl groups excluding tert-OH is 1. The number of benzene rings is 1. The van der Waals surface area contributed by atoms with Crippen LogP contribution in [0.1, 0.15) is 24.8 Å². The molecule has 0 spiro atoms. The number of nitrogens with two attached hydrogens (primary N) is 1. The van der Waals surface area contributed by atoms with Crippen molar-refractivity contribution in [3.05, 3.63) is 29.8 Å². The molecular weight excluding hydrogens is 300 g/mol. The highest BCUT2D eigenvalue weighted by Gasteiger charge is 2.20. The van der Waals surface area contributed by atoms with Crippen molar-refractivity contribution >= 4 is 12.4 Å². The van der Waals surface area contributed by atoms with E-state index in [0.29, 0.717) is 6.42 Å². The zero-order chi connectivity index (χ0) is 15.1. The second kappa shape index (κ2) is 10.1. The van der Waals surface area contributed by atoms with Gasteiger partial charge in [0, 0.05) is 6.54 Å². The van der Waals surface area contributed by atoms with E-state index in [1.807, 2.05) is 24.3 Å². The first-order valence-corrected chi connectivity index (χ1v) is 7.94. The summed E-state index contributed by atoms with van der Waals surface area (Å²) in [6.07, 6.45) is 3.97. The highest BCUT2D eigenvalue weighted by Crippen LogP contribution is 2.20. The number of likely N-dealkylation sites (tertiary alicyclic amines) is 1. The van der Waals surface area contributed by atoms with Crippen LogP contribution in [-0.2, 0) is 6.42 Å². The quantitative estimate of drug-likeness (QED) is 0.804. The Balaban J connectivity index is 0.00000242. The molecule has 1 aliphatic rings. The van der Waals surface area contributed by atoms with E-state index >= 15 is 0 Å². The number of rotatable bonds is 7. The molecular formula is C17H29ClN2O2. The van der Waals surface area contributed by atoms with Gasteiger partial charge in [0.2, 0.25) is 0 Å². The Morgan fingerprint density at radius 1 is 1.27 bits per heavy atom. The molecule has 4 nitrogen and oxygen atoms in total. The third kappa shape index (κ3) is 6.13. The van der Waals surface area contributed by atoms with Crippen LogP contribution in [0.3, 0.4) is 0 Å². The molecule has 1 heterocycles. The molecule has 1 aromatic carbocycles. The van der Waals surface area contributed by atoms with Gasteiger partial charge in [0.1, 0.15) is 5.75 Å². The predicted octanol–water partition coefficient (Wildman–Crippen LogP) is 2.08. The van der Waals surface area contributed by atoms with E-state index in [4.69, 9.17) is 10.5 Å². The maximum Gasteiger partial charge on any atom is 0.118 e. The number of halogens is 1. The lowest BCUT2D eigenvalue weighted by Gasteiger charge is -2.33. The molecule has 0 amide bonds. The van der Waals surface area contributed by atoms with Gasteiger partial charge in [-0.1, -0.05) is 12.1 Å². The summed E-state index contributed by atoms with van der Waals surface area (Å²) in [5.74, 6) is 1.64. The first kappa shape index (κ1) is 19.2. The molecule has 1 saturated heterocycles. The molecule has 0 radical (unpaired) electrons. The van der Waals surface area contributed by atoms with E-state index in [-0.39, 0.29) is 18.5 Å². The molecule has 0 aromatic heterocycles. The normalized spacial score (nSPS) is 17.8. The highest BCUT2D eigenvalue weighted by molar-refractivity contribution is 5.85. The lowest BCUT2D eigenvalue weighted by molar-refractivity contribution is 0.0885. The summed E-state index contributed by atoms with van der Waals surface area (Å²) in [6.45, 7) is 3.74. The van der Waals surface area contributed by atoms with Gasteiger partial charge in [0.05, 0.1) is 13.2 Å². The van der Waals surface area contributed by atoms with Crippen molar-refractivity contribution < 1.29 is 9.84 Å². The van der Waals surface area contributed by atoms with Crippen molar-refractivity contribution in [2.24, 2.45) is 11.7 Å². The SMILES string of the molecule is COc1ccc(CC(O)CN2CCC(CCN)CC2)cc1.Cl. The van der Waals surface area contributed by atoms with Crippen molar-refractivity contribution in [1.82, 2.24) is 4.90 Å². The molecule has 0 bridgehead atoms. The van der Waals surface area contributed by atoms with Crippen molar-refractivity contribution in [3.8, 4) is 5.75 Å². The lowest BCUT2D eigenvalue weighted by atomic mass is 9.93. The fraction of sp³-hybridized carbons (Fsp3) is 0.647. The Morgan fingerprint density at radius 3 is 2.45 bits per heavy atom. The number of nitrogens with zero attached hydrogens (tertiary/aromatic N) is 1. The molecule has 1 aromatic rings. The summed E-state index contributed by atoms with van der Waals surface area (Å²) >= 11 is 0. The van der Waals surface area contributed by atoms with Crippen molar-refractivity contribution in [3.63, 3.8) is 0 Å². The van der Waals surface area contributed by atoms with Gasteiger partial charge in [-0.05, 0) is 68.9 Å². The number of β-amino-alcohol motifs (C(OH)–C–C–N with tert-alkyl or cyclic N) is 1. The molecule has 22 heavy (non-hydrogen) atoms. The van der Waals surface area contributed by atoms with Gasteiger partial charge >= 0.3 is 0 Å². The number of hydrogen-bond acceptors (Lipinski definition) is 4. The third-order valence-corrected chi connectivity index (χ3v) is 4.38. The number of aliphatic hydroxyl groups is 1. The number of methoxy groups -OCH3 is 1. The Labute approximate surface area is 140 Å². The smallest absolute Gasteiger partial charge is 0.118 e. The zero-order valence-electron chi connectivity index (χ0n) is 13.4.